The fourth-order valence-electron chi connectivity index (χ4n) is 3.34. The van der Waals surface area contributed by atoms with Crippen molar-refractivity contribution in [1.29, 1.82) is 0 Å². The zero-order valence-corrected chi connectivity index (χ0v) is 16.9. The molecule has 0 amide bonds. The number of nitrogens with zero attached hydrogens (tertiary/aromatic N) is 4. The average molecular weight is 410 g/mol. The standard InChI is InChI=1S/C24H18N4O3/c1-13-7-9-15(18(29)11-13)21-26-22(16-10-8-14(2)12-19(16)30)28-23(27-21)24-25-17-5-3-4-6-20(17)31-24/h3-12,29-30H,1-2H3. The van der Waals surface area contributed by atoms with Crippen LogP contribution in [0.4, 0.5) is 0 Å². The number of phenols is 2. The molecule has 0 atom stereocenters. The van der Waals surface area contributed by atoms with E-state index in [4.69, 9.17) is 4.42 Å². The predicted octanol–water partition coefficient (Wildman–Crippen LogP) is 5.04. The molecule has 7 heteroatoms. The summed E-state index contributed by atoms with van der Waals surface area (Å²) < 4.78 is 5.85. The first-order chi connectivity index (χ1) is 15.0. The largest absolute Gasteiger partial charge is 0.507 e. The molecule has 0 saturated heterocycles. The molecular formula is C24H18N4O3. The molecule has 5 rings (SSSR count). The molecule has 2 N–H and O–H groups in total. The number of aromatic nitrogens is 4. The monoisotopic (exact) mass is 410 g/mol. The Morgan fingerprint density at radius 2 is 1.19 bits per heavy atom. The SMILES string of the molecule is Cc1ccc(-c2nc(-c3nc4ccccc4o3)nc(-c3ccc(C)cc3O)n2)c(O)c1. The van der Waals surface area contributed by atoms with Gasteiger partial charge in [-0.2, -0.15) is 0 Å². The van der Waals surface area contributed by atoms with Crippen LogP contribution in [0.5, 0.6) is 11.5 Å². The van der Waals surface area contributed by atoms with Gasteiger partial charge in [0.15, 0.2) is 17.2 Å². The lowest BCUT2D eigenvalue weighted by Crippen LogP contribution is -2.01. The summed E-state index contributed by atoms with van der Waals surface area (Å²) in [6.45, 7) is 3.77. The third-order valence-electron chi connectivity index (χ3n) is 4.91. The van der Waals surface area contributed by atoms with Crippen LogP contribution in [0, 0.1) is 13.8 Å². The van der Waals surface area contributed by atoms with Gasteiger partial charge in [-0.3, -0.25) is 0 Å². The van der Waals surface area contributed by atoms with E-state index in [2.05, 4.69) is 19.9 Å². The normalized spacial score (nSPS) is 11.2. The quantitative estimate of drug-likeness (QED) is 0.429. The van der Waals surface area contributed by atoms with Crippen LogP contribution in [-0.2, 0) is 0 Å². The van der Waals surface area contributed by atoms with Gasteiger partial charge in [0.1, 0.15) is 17.0 Å². The van der Waals surface area contributed by atoms with E-state index < -0.39 is 0 Å². The Hall–Kier alpha value is -4.26. The first-order valence-corrected chi connectivity index (χ1v) is 9.70. The lowest BCUT2D eigenvalue weighted by molar-refractivity contribution is 0.476. The summed E-state index contributed by atoms with van der Waals surface area (Å²) in [4.78, 5) is 18.0. The van der Waals surface area contributed by atoms with E-state index in [-0.39, 0.29) is 34.9 Å². The van der Waals surface area contributed by atoms with Crippen LogP contribution in [0.25, 0.3) is 45.6 Å². The van der Waals surface area contributed by atoms with Crippen LogP contribution in [-0.4, -0.2) is 30.1 Å². The maximum absolute atomic E-state index is 10.5. The molecule has 0 saturated carbocycles. The predicted molar refractivity (Wildman–Crippen MR) is 117 cm³/mol. The van der Waals surface area contributed by atoms with Crippen molar-refractivity contribution < 1.29 is 14.6 Å². The highest BCUT2D eigenvalue weighted by Gasteiger charge is 2.19. The Bertz CT molecular complexity index is 1340. The van der Waals surface area contributed by atoms with Crippen LogP contribution in [0.15, 0.2) is 65.1 Å². The van der Waals surface area contributed by atoms with Crippen molar-refractivity contribution in [2.24, 2.45) is 0 Å². The summed E-state index contributed by atoms with van der Waals surface area (Å²) in [6.07, 6.45) is 0. The van der Waals surface area contributed by atoms with Gasteiger partial charge in [0, 0.05) is 0 Å². The number of oxazole rings is 1. The van der Waals surface area contributed by atoms with E-state index in [0.29, 0.717) is 22.2 Å². The van der Waals surface area contributed by atoms with Gasteiger partial charge in [0.25, 0.3) is 5.89 Å². The zero-order valence-electron chi connectivity index (χ0n) is 16.9. The van der Waals surface area contributed by atoms with Crippen molar-refractivity contribution in [3.8, 4) is 46.0 Å². The molecule has 0 spiro atoms. The second kappa shape index (κ2) is 7.21. The van der Waals surface area contributed by atoms with Crippen LogP contribution >= 0.6 is 0 Å². The third-order valence-corrected chi connectivity index (χ3v) is 4.91. The number of hydrogen-bond donors (Lipinski definition) is 2. The van der Waals surface area contributed by atoms with Gasteiger partial charge in [-0.25, -0.2) is 19.9 Å². The van der Waals surface area contributed by atoms with Gasteiger partial charge in [-0.05, 0) is 61.4 Å². The minimum Gasteiger partial charge on any atom is -0.507 e. The summed E-state index contributed by atoms with van der Waals surface area (Å²) in [7, 11) is 0. The van der Waals surface area contributed by atoms with Crippen molar-refractivity contribution in [2.45, 2.75) is 13.8 Å². The van der Waals surface area contributed by atoms with Gasteiger partial charge < -0.3 is 14.6 Å². The van der Waals surface area contributed by atoms with E-state index in [1.54, 1.807) is 24.3 Å². The number of aryl methyl sites for hydroxylation is 2. The second-order valence-electron chi connectivity index (χ2n) is 7.33. The first kappa shape index (κ1) is 18.7. The molecular weight excluding hydrogens is 392 g/mol. The topological polar surface area (TPSA) is 105 Å². The van der Waals surface area contributed by atoms with E-state index in [9.17, 15) is 10.2 Å². The molecule has 0 unspecified atom stereocenters. The number of hydrogen-bond acceptors (Lipinski definition) is 7. The zero-order chi connectivity index (χ0) is 21.5. The first-order valence-electron chi connectivity index (χ1n) is 9.70. The van der Waals surface area contributed by atoms with Crippen molar-refractivity contribution in [2.75, 3.05) is 0 Å². The smallest absolute Gasteiger partial charge is 0.266 e. The summed E-state index contributed by atoms with van der Waals surface area (Å²) in [5.74, 6) is 1.03. The number of fused-ring (bicyclic) bond motifs is 1. The molecule has 0 bridgehead atoms. The maximum Gasteiger partial charge on any atom is 0.266 e. The molecule has 0 radical (unpaired) electrons. The number of aromatic hydroxyl groups is 2. The molecule has 0 aliphatic heterocycles. The van der Waals surface area contributed by atoms with Crippen LogP contribution in [0.2, 0.25) is 0 Å². The van der Waals surface area contributed by atoms with E-state index in [1.165, 1.54) is 0 Å². The number of para-hydroxylation sites is 2. The minimum absolute atomic E-state index is 0.0498. The Labute approximate surface area is 177 Å². The van der Waals surface area contributed by atoms with Crippen LogP contribution < -0.4 is 0 Å². The van der Waals surface area contributed by atoms with E-state index in [0.717, 1.165) is 11.1 Å². The summed E-state index contributed by atoms with van der Waals surface area (Å²) >= 11 is 0. The Balaban J connectivity index is 1.75. The summed E-state index contributed by atoms with van der Waals surface area (Å²) in [5.41, 5.74) is 3.99. The number of rotatable bonds is 3. The van der Waals surface area contributed by atoms with Gasteiger partial charge >= 0.3 is 0 Å². The summed E-state index contributed by atoms with van der Waals surface area (Å²) in [6, 6.07) is 17.9. The Kier molecular flexibility index (Phi) is 4.36. The van der Waals surface area contributed by atoms with Crippen LogP contribution in [0.3, 0.4) is 0 Å². The van der Waals surface area contributed by atoms with Crippen molar-refractivity contribution >= 4 is 11.1 Å². The number of phenolic OH excluding ortho intramolecular Hbond substituents is 2. The lowest BCUT2D eigenvalue weighted by atomic mass is 10.1. The fourth-order valence-corrected chi connectivity index (χ4v) is 3.34. The minimum atomic E-state index is 0.0498. The molecule has 31 heavy (non-hydrogen) atoms. The van der Waals surface area contributed by atoms with Crippen molar-refractivity contribution in [1.82, 2.24) is 19.9 Å². The van der Waals surface area contributed by atoms with E-state index in [1.807, 2.05) is 50.2 Å². The summed E-state index contributed by atoms with van der Waals surface area (Å²) in [5, 5.41) is 21.0. The lowest BCUT2D eigenvalue weighted by Gasteiger charge is -2.09. The second-order valence-corrected chi connectivity index (χ2v) is 7.33. The van der Waals surface area contributed by atoms with Gasteiger partial charge in [0.05, 0.1) is 11.1 Å². The molecule has 152 valence electrons. The highest BCUT2D eigenvalue weighted by molar-refractivity contribution is 5.76. The molecule has 3 aromatic carbocycles. The molecule has 5 aromatic rings. The Morgan fingerprint density at radius 1 is 0.645 bits per heavy atom. The van der Waals surface area contributed by atoms with Gasteiger partial charge in [0.2, 0.25) is 5.82 Å². The van der Waals surface area contributed by atoms with E-state index >= 15 is 0 Å². The average Bonchev–Trinajstić information content (AvgIpc) is 3.18. The number of benzene rings is 3. The molecule has 0 aliphatic rings. The van der Waals surface area contributed by atoms with Crippen molar-refractivity contribution in [3.05, 3.63) is 71.8 Å². The molecule has 0 fully saturated rings. The highest BCUT2D eigenvalue weighted by atomic mass is 16.3. The Morgan fingerprint density at radius 3 is 1.74 bits per heavy atom. The molecule has 7 nitrogen and oxygen atoms in total. The third kappa shape index (κ3) is 3.46. The van der Waals surface area contributed by atoms with Gasteiger partial charge in [-0.1, -0.05) is 24.3 Å². The highest BCUT2D eigenvalue weighted by Crippen LogP contribution is 2.33. The van der Waals surface area contributed by atoms with Crippen LogP contribution in [0.1, 0.15) is 11.1 Å². The fraction of sp³-hybridized carbons (Fsp3) is 0.0833. The van der Waals surface area contributed by atoms with Gasteiger partial charge in [-0.15, -0.1) is 0 Å². The van der Waals surface area contributed by atoms with Crippen molar-refractivity contribution in [3.63, 3.8) is 0 Å². The molecule has 2 aromatic heterocycles. The molecule has 0 aliphatic carbocycles. The molecule has 2 heterocycles. The maximum atomic E-state index is 10.5.